The fourth-order valence-electron chi connectivity index (χ4n) is 3.24. The largest absolute Gasteiger partial charge is 0.481 e. The van der Waals surface area contributed by atoms with Crippen molar-refractivity contribution in [2.75, 3.05) is 4.90 Å². The van der Waals surface area contributed by atoms with E-state index < -0.39 is 29.6 Å². The van der Waals surface area contributed by atoms with Gasteiger partial charge in [0.2, 0.25) is 11.8 Å². The van der Waals surface area contributed by atoms with Gasteiger partial charge in [-0.1, -0.05) is 37.3 Å². The van der Waals surface area contributed by atoms with Gasteiger partial charge in [-0.05, 0) is 18.1 Å². The Morgan fingerprint density at radius 1 is 1.05 bits per heavy atom. The van der Waals surface area contributed by atoms with E-state index >= 15 is 0 Å². The van der Waals surface area contributed by atoms with Crippen LogP contribution in [-0.2, 0) is 14.4 Å². The molecular weight excluding hydrogens is 270 g/mol. The lowest BCUT2D eigenvalue weighted by molar-refractivity contribution is -0.145. The molecular formula is C16H15NO4. The van der Waals surface area contributed by atoms with Crippen molar-refractivity contribution in [1.29, 1.82) is 0 Å². The maximum absolute atomic E-state index is 12.6. The Bertz CT molecular complexity index is 637. The van der Waals surface area contributed by atoms with Gasteiger partial charge in [0.1, 0.15) is 0 Å². The second-order valence-corrected chi connectivity index (χ2v) is 5.51. The zero-order chi connectivity index (χ0) is 15.1. The van der Waals surface area contributed by atoms with Gasteiger partial charge in [0, 0.05) is 0 Å². The van der Waals surface area contributed by atoms with Gasteiger partial charge >= 0.3 is 5.97 Å². The number of benzene rings is 1. The number of carbonyl (C=O) groups is 3. The molecule has 5 nitrogen and oxygen atoms in total. The molecule has 0 spiro atoms. The number of carboxylic acids is 1. The van der Waals surface area contributed by atoms with E-state index in [1.165, 1.54) is 6.08 Å². The van der Waals surface area contributed by atoms with Crippen LogP contribution in [0, 0.1) is 23.7 Å². The average molecular weight is 285 g/mol. The van der Waals surface area contributed by atoms with Gasteiger partial charge in [0.25, 0.3) is 0 Å². The highest BCUT2D eigenvalue weighted by Crippen LogP contribution is 2.43. The first kappa shape index (κ1) is 13.5. The number of anilines is 1. The quantitative estimate of drug-likeness (QED) is 0.663. The van der Waals surface area contributed by atoms with Crippen molar-refractivity contribution in [3.8, 4) is 0 Å². The maximum Gasteiger partial charge on any atom is 0.311 e. The predicted molar refractivity (Wildman–Crippen MR) is 75.3 cm³/mol. The molecule has 4 atom stereocenters. The highest BCUT2D eigenvalue weighted by molar-refractivity contribution is 6.23. The predicted octanol–water partition coefficient (Wildman–Crippen LogP) is 1.70. The van der Waals surface area contributed by atoms with Gasteiger partial charge in [-0.2, -0.15) is 0 Å². The van der Waals surface area contributed by atoms with Crippen molar-refractivity contribution in [3.05, 3.63) is 42.5 Å². The monoisotopic (exact) mass is 285 g/mol. The molecule has 0 bridgehead atoms. The van der Waals surface area contributed by atoms with Gasteiger partial charge < -0.3 is 5.11 Å². The number of fused-ring (bicyclic) bond motifs is 1. The first-order valence-corrected chi connectivity index (χ1v) is 6.86. The van der Waals surface area contributed by atoms with Crippen molar-refractivity contribution in [1.82, 2.24) is 0 Å². The number of nitrogens with zero attached hydrogens (tertiary/aromatic N) is 1. The summed E-state index contributed by atoms with van der Waals surface area (Å²) in [6.45, 7) is 1.84. The fourth-order valence-corrected chi connectivity index (χ4v) is 3.24. The van der Waals surface area contributed by atoms with E-state index in [2.05, 4.69) is 0 Å². The van der Waals surface area contributed by atoms with Crippen molar-refractivity contribution >= 4 is 23.5 Å². The number of allylic oxidation sites excluding steroid dienone is 1. The fraction of sp³-hybridized carbons (Fsp3) is 0.312. The lowest BCUT2D eigenvalue weighted by Gasteiger charge is -2.27. The number of aliphatic carboxylic acids is 1. The zero-order valence-electron chi connectivity index (χ0n) is 11.5. The van der Waals surface area contributed by atoms with Crippen molar-refractivity contribution in [2.24, 2.45) is 23.7 Å². The van der Waals surface area contributed by atoms with Crippen LogP contribution < -0.4 is 4.90 Å². The first-order chi connectivity index (χ1) is 10.0. The van der Waals surface area contributed by atoms with E-state index in [9.17, 15) is 19.5 Å². The van der Waals surface area contributed by atoms with E-state index in [0.29, 0.717) is 5.69 Å². The minimum atomic E-state index is -1.07. The van der Waals surface area contributed by atoms with Gasteiger partial charge in [-0.3, -0.25) is 19.3 Å². The normalized spacial score (nSPS) is 31.4. The van der Waals surface area contributed by atoms with Crippen LogP contribution in [0.25, 0.3) is 0 Å². The summed E-state index contributed by atoms with van der Waals surface area (Å²) in [7, 11) is 0. The molecule has 0 unspecified atom stereocenters. The Morgan fingerprint density at radius 3 is 2.29 bits per heavy atom. The summed E-state index contributed by atoms with van der Waals surface area (Å²) in [5.41, 5.74) is 0.498. The lowest BCUT2D eigenvalue weighted by Crippen LogP contribution is -2.36. The Hall–Kier alpha value is -2.43. The molecule has 1 aliphatic carbocycles. The molecule has 0 aromatic heterocycles. The van der Waals surface area contributed by atoms with Crippen LogP contribution >= 0.6 is 0 Å². The molecule has 2 amide bonds. The molecule has 108 valence electrons. The summed E-state index contributed by atoms with van der Waals surface area (Å²) < 4.78 is 0. The van der Waals surface area contributed by atoms with E-state index in [1.54, 1.807) is 36.4 Å². The van der Waals surface area contributed by atoms with Crippen LogP contribution in [0.2, 0.25) is 0 Å². The van der Waals surface area contributed by atoms with E-state index in [1.807, 2.05) is 6.92 Å². The maximum atomic E-state index is 12.6. The number of amides is 2. The average Bonchev–Trinajstić information content (AvgIpc) is 2.73. The van der Waals surface area contributed by atoms with Crippen LogP contribution in [0.15, 0.2) is 42.5 Å². The Labute approximate surface area is 121 Å². The van der Waals surface area contributed by atoms with Crippen molar-refractivity contribution in [3.63, 3.8) is 0 Å². The molecule has 0 radical (unpaired) electrons. The Morgan fingerprint density at radius 2 is 1.67 bits per heavy atom. The summed E-state index contributed by atoms with van der Waals surface area (Å²) in [6.07, 6.45) is 3.26. The number of hydrogen-bond donors (Lipinski definition) is 1. The molecule has 3 rings (SSSR count). The summed E-state index contributed by atoms with van der Waals surface area (Å²) in [4.78, 5) is 37.7. The van der Waals surface area contributed by atoms with E-state index in [0.717, 1.165) is 4.90 Å². The summed E-state index contributed by atoms with van der Waals surface area (Å²) in [5, 5.41) is 9.30. The molecule has 1 heterocycles. The third-order valence-electron chi connectivity index (χ3n) is 4.27. The summed E-state index contributed by atoms with van der Waals surface area (Å²) in [5.74, 6) is -4.27. The SMILES string of the molecule is C[C@@H]1C=C[C@@H](C(=O)O)[C@H]2C(=O)N(c3ccccc3)C(=O)[C@@H]21. The van der Waals surface area contributed by atoms with Gasteiger partial charge in [-0.15, -0.1) is 0 Å². The van der Waals surface area contributed by atoms with E-state index in [-0.39, 0.29) is 11.8 Å². The highest BCUT2D eigenvalue weighted by atomic mass is 16.4. The molecule has 1 saturated heterocycles. The minimum Gasteiger partial charge on any atom is -0.481 e. The number of para-hydroxylation sites is 1. The standard InChI is InChI=1S/C16H15NO4/c1-9-7-8-11(16(20)21)13-12(9)14(18)17(15(13)19)10-5-3-2-4-6-10/h2-9,11-13H,1H3,(H,20,21)/t9-,11-,12-,13-/m1/s1. The number of carboxylic acid groups (broad SMARTS) is 1. The van der Waals surface area contributed by atoms with Gasteiger partial charge in [0.05, 0.1) is 23.4 Å². The van der Waals surface area contributed by atoms with Crippen LogP contribution in [0.3, 0.4) is 0 Å². The second-order valence-electron chi connectivity index (χ2n) is 5.51. The van der Waals surface area contributed by atoms with Crippen LogP contribution in [0.5, 0.6) is 0 Å². The zero-order valence-corrected chi connectivity index (χ0v) is 11.5. The molecule has 1 aromatic carbocycles. The molecule has 5 heteroatoms. The van der Waals surface area contributed by atoms with Crippen molar-refractivity contribution in [2.45, 2.75) is 6.92 Å². The first-order valence-electron chi connectivity index (χ1n) is 6.86. The molecule has 21 heavy (non-hydrogen) atoms. The van der Waals surface area contributed by atoms with E-state index in [4.69, 9.17) is 0 Å². The summed E-state index contributed by atoms with van der Waals surface area (Å²) >= 11 is 0. The molecule has 1 N–H and O–H groups in total. The summed E-state index contributed by atoms with van der Waals surface area (Å²) in [6, 6.07) is 8.65. The second kappa shape index (κ2) is 4.84. The number of hydrogen-bond acceptors (Lipinski definition) is 3. The molecule has 1 aliphatic heterocycles. The number of rotatable bonds is 2. The van der Waals surface area contributed by atoms with Gasteiger partial charge in [-0.25, -0.2) is 0 Å². The third-order valence-corrected chi connectivity index (χ3v) is 4.27. The van der Waals surface area contributed by atoms with Crippen LogP contribution in [-0.4, -0.2) is 22.9 Å². The third kappa shape index (κ3) is 1.96. The van der Waals surface area contributed by atoms with Crippen LogP contribution in [0.4, 0.5) is 5.69 Å². The number of carbonyl (C=O) groups excluding carboxylic acids is 2. The van der Waals surface area contributed by atoms with Gasteiger partial charge in [0.15, 0.2) is 0 Å². The topological polar surface area (TPSA) is 74.7 Å². The Kier molecular flexibility index (Phi) is 3.12. The Balaban J connectivity index is 2.05. The highest BCUT2D eigenvalue weighted by Gasteiger charge is 2.55. The number of imide groups is 1. The van der Waals surface area contributed by atoms with Crippen LogP contribution in [0.1, 0.15) is 6.92 Å². The molecule has 1 aromatic rings. The van der Waals surface area contributed by atoms with Crippen molar-refractivity contribution < 1.29 is 19.5 Å². The lowest BCUT2D eigenvalue weighted by atomic mass is 9.72. The molecule has 0 saturated carbocycles. The minimum absolute atomic E-state index is 0.143. The smallest absolute Gasteiger partial charge is 0.311 e. The molecule has 2 aliphatic rings. The molecule has 1 fully saturated rings.